The molecule has 2 aliphatic carbocycles. The fourth-order valence-electron chi connectivity index (χ4n) is 3.46. The molecule has 0 radical (unpaired) electrons. The predicted octanol–water partition coefficient (Wildman–Crippen LogP) is 2.02. The maximum absolute atomic E-state index is 11.8. The van der Waals surface area contributed by atoms with Gasteiger partial charge in [-0.25, -0.2) is 0 Å². The van der Waals surface area contributed by atoms with Crippen LogP contribution in [0.2, 0.25) is 0 Å². The van der Waals surface area contributed by atoms with Crippen molar-refractivity contribution in [2.45, 2.75) is 45.1 Å². The molecule has 3 rings (SSSR count). The molecule has 0 unspecified atom stereocenters. The highest BCUT2D eigenvalue weighted by Gasteiger charge is 2.33. The summed E-state index contributed by atoms with van der Waals surface area (Å²) < 4.78 is 0. The summed E-state index contributed by atoms with van der Waals surface area (Å²) >= 11 is 0. The molecule has 2 saturated carbocycles. The normalized spacial score (nSPS) is 16.9. The summed E-state index contributed by atoms with van der Waals surface area (Å²) in [7, 11) is 1.66. The number of aliphatic imine (C=N–C) groups is 1. The van der Waals surface area contributed by atoms with Crippen LogP contribution in [0.4, 0.5) is 0 Å². The van der Waals surface area contributed by atoms with Crippen molar-refractivity contribution in [3.8, 4) is 0 Å². The number of nitrogens with zero attached hydrogens (tertiary/aromatic N) is 2. The third-order valence-corrected chi connectivity index (χ3v) is 5.38. The molecule has 2 fully saturated rings. The third kappa shape index (κ3) is 6.82. The molecule has 1 aromatic carbocycles. The van der Waals surface area contributed by atoms with Crippen LogP contribution in [0.5, 0.6) is 0 Å². The molecule has 0 bridgehead atoms. The molecule has 6 nitrogen and oxygen atoms in total. The number of hydrogen-bond donors (Lipinski definition) is 3. The van der Waals surface area contributed by atoms with E-state index in [4.69, 9.17) is 4.99 Å². The molecular formula is C22H35N5O. The number of guanidine groups is 1. The molecule has 0 aromatic heterocycles. The number of rotatable bonds is 11. The molecule has 154 valence electrons. The second-order valence-corrected chi connectivity index (χ2v) is 7.89. The van der Waals surface area contributed by atoms with E-state index in [0.717, 1.165) is 56.1 Å². The van der Waals surface area contributed by atoms with Crippen LogP contribution >= 0.6 is 0 Å². The lowest BCUT2D eigenvalue weighted by atomic mass is 10.1. The first-order valence-corrected chi connectivity index (χ1v) is 10.8. The van der Waals surface area contributed by atoms with Crippen molar-refractivity contribution in [1.29, 1.82) is 0 Å². The zero-order valence-electron chi connectivity index (χ0n) is 17.3. The Hall–Kier alpha value is -2.08. The van der Waals surface area contributed by atoms with Crippen LogP contribution in [0.15, 0.2) is 29.3 Å². The van der Waals surface area contributed by atoms with Gasteiger partial charge in [-0.2, -0.15) is 0 Å². The highest BCUT2D eigenvalue weighted by atomic mass is 16.1. The summed E-state index contributed by atoms with van der Waals surface area (Å²) in [6.07, 6.45) is 6.41. The minimum Gasteiger partial charge on any atom is -0.357 e. The number of amides is 1. The van der Waals surface area contributed by atoms with Crippen molar-refractivity contribution >= 4 is 11.9 Å². The molecule has 6 heteroatoms. The fourth-order valence-corrected chi connectivity index (χ4v) is 3.46. The number of benzene rings is 1. The Morgan fingerprint density at radius 2 is 2.04 bits per heavy atom. The van der Waals surface area contributed by atoms with Crippen LogP contribution in [0.25, 0.3) is 0 Å². The van der Waals surface area contributed by atoms with Gasteiger partial charge in [0.2, 0.25) is 0 Å². The van der Waals surface area contributed by atoms with Gasteiger partial charge >= 0.3 is 0 Å². The highest BCUT2D eigenvalue weighted by molar-refractivity contribution is 5.94. The van der Waals surface area contributed by atoms with E-state index in [9.17, 15) is 4.79 Å². The van der Waals surface area contributed by atoms with Crippen molar-refractivity contribution < 1.29 is 4.79 Å². The van der Waals surface area contributed by atoms with Crippen molar-refractivity contribution in [3.63, 3.8) is 0 Å². The zero-order chi connectivity index (χ0) is 19.8. The molecule has 0 saturated heterocycles. The summed E-state index contributed by atoms with van der Waals surface area (Å²) in [5, 5.41) is 9.43. The first-order chi connectivity index (χ1) is 13.7. The van der Waals surface area contributed by atoms with Crippen molar-refractivity contribution in [2.24, 2.45) is 10.9 Å². The van der Waals surface area contributed by atoms with Crippen molar-refractivity contribution in [3.05, 3.63) is 35.4 Å². The average molecular weight is 386 g/mol. The smallest absolute Gasteiger partial charge is 0.251 e. The number of hydrogen-bond acceptors (Lipinski definition) is 3. The van der Waals surface area contributed by atoms with E-state index in [1.807, 2.05) is 18.2 Å². The van der Waals surface area contributed by atoms with Crippen molar-refractivity contribution in [2.75, 3.05) is 39.8 Å². The summed E-state index contributed by atoms with van der Waals surface area (Å²) in [6, 6.07) is 8.61. The Labute approximate surface area is 169 Å². The first-order valence-electron chi connectivity index (χ1n) is 10.8. The Kier molecular flexibility index (Phi) is 7.71. The fraction of sp³-hybridized carbons (Fsp3) is 0.636. The second kappa shape index (κ2) is 10.5. The van der Waals surface area contributed by atoms with E-state index < -0.39 is 0 Å². The van der Waals surface area contributed by atoms with Crippen LogP contribution < -0.4 is 16.0 Å². The minimum atomic E-state index is -0.0453. The van der Waals surface area contributed by atoms with E-state index in [1.54, 1.807) is 7.05 Å². The standard InChI is InChI=1S/C22H35N5O/c1-3-24-22(26-13-14-27(20-9-10-20)16-18-7-8-18)25-12-11-17-5-4-6-19(15-17)21(28)23-2/h4-6,15,18,20H,3,7-14,16H2,1-2H3,(H,23,28)(H2,24,25,26). The van der Waals surface area contributed by atoms with E-state index in [2.05, 4.69) is 33.8 Å². The maximum Gasteiger partial charge on any atom is 0.251 e. The molecule has 0 spiro atoms. The predicted molar refractivity (Wildman–Crippen MR) is 115 cm³/mol. The third-order valence-electron chi connectivity index (χ3n) is 5.38. The van der Waals surface area contributed by atoms with Gasteiger partial charge in [0, 0.05) is 44.8 Å². The van der Waals surface area contributed by atoms with Gasteiger partial charge in [-0.1, -0.05) is 12.1 Å². The molecule has 0 aliphatic heterocycles. The molecule has 0 heterocycles. The lowest BCUT2D eigenvalue weighted by Gasteiger charge is -2.21. The quantitative estimate of drug-likeness (QED) is 0.403. The summed E-state index contributed by atoms with van der Waals surface area (Å²) in [6.45, 7) is 6.90. The van der Waals surface area contributed by atoms with Crippen molar-refractivity contribution in [1.82, 2.24) is 20.9 Å². The van der Waals surface area contributed by atoms with Gasteiger partial charge in [0.15, 0.2) is 5.96 Å². The Morgan fingerprint density at radius 3 is 2.71 bits per heavy atom. The summed E-state index contributed by atoms with van der Waals surface area (Å²) in [5.74, 6) is 1.78. The van der Waals surface area contributed by atoms with Crippen LogP contribution in [0.3, 0.4) is 0 Å². The first kappa shape index (κ1) is 20.6. The number of nitrogens with one attached hydrogen (secondary N) is 3. The van der Waals surface area contributed by atoms with E-state index >= 15 is 0 Å². The maximum atomic E-state index is 11.8. The van der Waals surface area contributed by atoms with E-state index in [1.165, 1.54) is 32.2 Å². The monoisotopic (exact) mass is 385 g/mol. The van der Waals surface area contributed by atoms with Gasteiger partial charge in [0.05, 0.1) is 6.54 Å². The molecule has 1 aromatic rings. The topological polar surface area (TPSA) is 68.8 Å². The van der Waals surface area contributed by atoms with Gasteiger partial charge in [-0.3, -0.25) is 14.7 Å². The van der Waals surface area contributed by atoms with Crippen LogP contribution in [-0.4, -0.2) is 62.6 Å². The number of carbonyl (C=O) groups excluding carboxylic acids is 1. The Bertz CT molecular complexity index is 667. The van der Waals surface area contributed by atoms with E-state index in [-0.39, 0.29) is 5.91 Å². The number of carbonyl (C=O) groups is 1. The minimum absolute atomic E-state index is 0.0453. The van der Waals surface area contributed by atoms with Gasteiger partial charge < -0.3 is 16.0 Å². The van der Waals surface area contributed by atoms with Gasteiger partial charge in [0.1, 0.15) is 0 Å². The van der Waals surface area contributed by atoms with E-state index in [0.29, 0.717) is 5.56 Å². The molecular weight excluding hydrogens is 350 g/mol. The molecule has 2 aliphatic rings. The van der Waals surface area contributed by atoms with Gasteiger partial charge in [-0.15, -0.1) is 0 Å². The Morgan fingerprint density at radius 1 is 1.21 bits per heavy atom. The average Bonchev–Trinajstić information content (AvgIpc) is 3.61. The summed E-state index contributed by atoms with van der Waals surface area (Å²) in [5.41, 5.74) is 1.85. The molecule has 1 amide bonds. The van der Waals surface area contributed by atoms with Crippen LogP contribution in [0, 0.1) is 5.92 Å². The van der Waals surface area contributed by atoms with Gasteiger partial charge in [0.25, 0.3) is 5.91 Å². The summed E-state index contributed by atoms with van der Waals surface area (Å²) in [4.78, 5) is 19.2. The van der Waals surface area contributed by atoms with Crippen LogP contribution in [0.1, 0.15) is 48.5 Å². The highest BCUT2D eigenvalue weighted by Crippen LogP contribution is 2.34. The zero-order valence-corrected chi connectivity index (χ0v) is 17.3. The lowest BCUT2D eigenvalue weighted by molar-refractivity contribution is 0.0963. The lowest BCUT2D eigenvalue weighted by Crippen LogP contribution is -2.39. The van der Waals surface area contributed by atoms with Gasteiger partial charge in [-0.05, 0) is 62.6 Å². The van der Waals surface area contributed by atoms with Crippen LogP contribution in [-0.2, 0) is 6.42 Å². The molecule has 28 heavy (non-hydrogen) atoms. The second-order valence-electron chi connectivity index (χ2n) is 7.89. The molecule has 0 atom stereocenters. The largest absolute Gasteiger partial charge is 0.357 e. The molecule has 3 N–H and O–H groups in total. The SMILES string of the molecule is CCNC(=NCCN(CC1CC1)C1CC1)NCCc1cccc(C(=O)NC)c1. The Balaban J connectivity index is 1.44.